The van der Waals surface area contributed by atoms with Gasteiger partial charge in [-0.25, -0.2) is 8.42 Å². The molecule has 0 unspecified atom stereocenters. The molecule has 2 aromatic carbocycles. The number of nitrogens with one attached hydrogen (secondary N) is 1. The van der Waals surface area contributed by atoms with Crippen LogP contribution in [0.1, 0.15) is 5.56 Å². The van der Waals surface area contributed by atoms with Crippen molar-refractivity contribution >= 4 is 43.2 Å². The third-order valence-corrected chi connectivity index (χ3v) is 4.54. The van der Waals surface area contributed by atoms with Gasteiger partial charge < -0.3 is 0 Å². The fourth-order valence-corrected chi connectivity index (χ4v) is 3.38. The van der Waals surface area contributed by atoms with Gasteiger partial charge in [0, 0.05) is 9.50 Å². The molecule has 0 bridgehead atoms. The van der Waals surface area contributed by atoms with Crippen molar-refractivity contribution in [2.24, 2.45) is 0 Å². The van der Waals surface area contributed by atoms with Crippen molar-refractivity contribution in [1.82, 2.24) is 0 Å². The predicted molar refractivity (Wildman–Crippen MR) is 81.1 cm³/mol. The highest BCUT2D eigenvalue weighted by Crippen LogP contribution is 2.24. The summed E-state index contributed by atoms with van der Waals surface area (Å²) in [6.45, 7) is 0. The van der Waals surface area contributed by atoms with E-state index >= 15 is 0 Å². The molecule has 7 heteroatoms. The van der Waals surface area contributed by atoms with Crippen LogP contribution in [0.5, 0.6) is 0 Å². The van der Waals surface area contributed by atoms with Crippen molar-refractivity contribution in [2.45, 2.75) is 4.90 Å². The van der Waals surface area contributed by atoms with E-state index in [2.05, 4.69) is 20.7 Å². The molecule has 0 spiro atoms. The van der Waals surface area contributed by atoms with Crippen LogP contribution in [0.4, 0.5) is 5.69 Å². The van der Waals surface area contributed by atoms with Crippen molar-refractivity contribution in [3.63, 3.8) is 0 Å². The van der Waals surface area contributed by atoms with Crippen molar-refractivity contribution in [3.05, 3.63) is 57.5 Å². The first-order chi connectivity index (χ1) is 9.42. The van der Waals surface area contributed by atoms with Gasteiger partial charge in [0.25, 0.3) is 10.0 Å². The largest absolute Gasteiger partial charge is 0.278 e. The summed E-state index contributed by atoms with van der Waals surface area (Å²) in [6.07, 6.45) is 0. The zero-order chi connectivity index (χ0) is 14.8. The maximum absolute atomic E-state index is 12.2. The summed E-state index contributed by atoms with van der Waals surface area (Å²) in [7, 11) is -3.77. The van der Waals surface area contributed by atoms with Crippen LogP contribution in [0.2, 0.25) is 5.02 Å². The normalized spacial score (nSPS) is 10.8. The number of hydrogen-bond donors (Lipinski definition) is 1. The van der Waals surface area contributed by atoms with E-state index < -0.39 is 10.0 Å². The van der Waals surface area contributed by atoms with Crippen LogP contribution >= 0.6 is 27.5 Å². The second-order valence-corrected chi connectivity index (χ2v) is 6.90. The molecule has 0 aliphatic carbocycles. The van der Waals surface area contributed by atoms with E-state index in [0.717, 1.165) is 0 Å². The maximum Gasteiger partial charge on any atom is 0.261 e. The van der Waals surface area contributed by atoms with Gasteiger partial charge in [0.1, 0.15) is 6.07 Å². The topological polar surface area (TPSA) is 70.0 Å². The van der Waals surface area contributed by atoms with Gasteiger partial charge in [-0.05, 0) is 36.4 Å². The Morgan fingerprint density at radius 3 is 2.60 bits per heavy atom. The molecule has 0 fully saturated rings. The lowest BCUT2D eigenvalue weighted by Crippen LogP contribution is -2.13. The molecule has 0 amide bonds. The van der Waals surface area contributed by atoms with Gasteiger partial charge in [-0.3, -0.25) is 4.72 Å². The van der Waals surface area contributed by atoms with Crippen LogP contribution < -0.4 is 4.72 Å². The molecule has 0 heterocycles. The number of halogens is 2. The third kappa shape index (κ3) is 3.31. The summed E-state index contributed by atoms with van der Waals surface area (Å²) < 4.78 is 27.5. The smallest absolute Gasteiger partial charge is 0.261 e. The lowest BCUT2D eigenvalue weighted by Gasteiger charge is -2.10. The molecular weight excluding hydrogens is 364 g/mol. The molecule has 4 nitrogen and oxygen atoms in total. The van der Waals surface area contributed by atoms with Crippen LogP contribution in [0.15, 0.2) is 51.8 Å². The summed E-state index contributed by atoms with van der Waals surface area (Å²) in [4.78, 5) is 0.0933. The molecule has 20 heavy (non-hydrogen) atoms. The lowest BCUT2D eigenvalue weighted by molar-refractivity contribution is 0.601. The summed E-state index contributed by atoms with van der Waals surface area (Å²) >= 11 is 9.04. The van der Waals surface area contributed by atoms with E-state index in [1.165, 1.54) is 30.3 Å². The summed E-state index contributed by atoms with van der Waals surface area (Å²) in [6, 6.07) is 12.6. The maximum atomic E-state index is 12.2. The third-order valence-electron chi connectivity index (χ3n) is 2.45. The first-order valence-electron chi connectivity index (χ1n) is 5.40. The van der Waals surface area contributed by atoms with E-state index in [1.54, 1.807) is 12.1 Å². The average molecular weight is 372 g/mol. The predicted octanol–water partition coefficient (Wildman–Crippen LogP) is 3.77. The summed E-state index contributed by atoms with van der Waals surface area (Å²) in [5.74, 6) is 0. The Bertz CT molecular complexity index is 800. The minimum atomic E-state index is -3.77. The minimum Gasteiger partial charge on any atom is -0.278 e. The molecule has 1 N–H and O–H groups in total. The quantitative estimate of drug-likeness (QED) is 0.892. The molecule has 0 aromatic heterocycles. The molecule has 102 valence electrons. The van der Waals surface area contributed by atoms with Gasteiger partial charge in [-0.15, -0.1) is 0 Å². The number of benzene rings is 2. The zero-order valence-electron chi connectivity index (χ0n) is 9.97. The molecule has 0 atom stereocenters. The fourth-order valence-electron chi connectivity index (χ4n) is 1.54. The molecule has 0 saturated heterocycles. The minimum absolute atomic E-state index is 0.0933. The van der Waals surface area contributed by atoms with Gasteiger partial charge in [-0.1, -0.05) is 33.6 Å². The Morgan fingerprint density at radius 2 is 1.95 bits per heavy atom. The van der Waals surface area contributed by atoms with Crippen LogP contribution in [0.25, 0.3) is 0 Å². The molecule has 0 aliphatic heterocycles. The van der Waals surface area contributed by atoms with E-state index in [1.807, 2.05) is 6.07 Å². The Hall–Kier alpha value is -1.55. The number of hydrogen-bond acceptors (Lipinski definition) is 3. The number of rotatable bonds is 3. The Morgan fingerprint density at radius 1 is 1.20 bits per heavy atom. The van der Waals surface area contributed by atoms with Gasteiger partial charge in [0.2, 0.25) is 0 Å². The molecular formula is C13H8BrClN2O2S. The number of nitrogens with zero attached hydrogens (tertiary/aromatic N) is 1. The summed E-state index contributed by atoms with van der Waals surface area (Å²) in [5.41, 5.74) is 0.355. The Labute approximate surface area is 130 Å². The number of anilines is 1. The standard InChI is InChI=1S/C13H8BrClN2O2S/c14-10-2-1-3-12(6-10)20(18,19)17-13-7-11(15)5-4-9(13)8-16/h1-7,17H. The first-order valence-corrected chi connectivity index (χ1v) is 8.06. The Kier molecular flexibility index (Phi) is 4.33. The van der Waals surface area contributed by atoms with E-state index in [0.29, 0.717) is 9.50 Å². The second kappa shape index (κ2) is 5.83. The fraction of sp³-hybridized carbons (Fsp3) is 0. The van der Waals surface area contributed by atoms with Gasteiger partial charge in [0.15, 0.2) is 0 Å². The molecule has 2 rings (SSSR count). The van der Waals surface area contributed by atoms with Crippen molar-refractivity contribution in [2.75, 3.05) is 4.72 Å². The van der Waals surface area contributed by atoms with E-state index in [9.17, 15) is 8.42 Å². The Balaban J connectivity index is 2.44. The van der Waals surface area contributed by atoms with Crippen molar-refractivity contribution in [3.8, 4) is 6.07 Å². The van der Waals surface area contributed by atoms with Crippen molar-refractivity contribution < 1.29 is 8.42 Å². The molecule has 0 radical (unpaired) electrons. The lowest BCUT2D eigenvalue weighted by atomic mass is 10.2. The van der Waals surface area contributed by atoms with Crippen LogP contribution in [-0.2, 0) is 10.0 Å². The highest BCUT2D eigenvalue weighted by atomic mass is 79.9. The zero-order valence-corrected chi connectivity index (χ0v) is 13.1. The van der Waals surface area contributed by atoms with Crippen molar-refractivity contribution in [1.29, 1.82) is 5.26 Å². The van der Waals surface area contributed by atoms with E-state index in [-0.39, 0.29) is 16.1 Å². The highest BCUT2D eigenvalue weighted by molar-refractivity contribution is 9.10. The van der Waals surface area contributed by atoms with Crippen LogP contribution in [-0.4, -0.2) is 8.42 Å². The number of sulfonamides is 1. The van der Waals surface area contributed by atoms with Gasteiger partial charge >= 0.3 is 0 Å². The van der Waals surface area contributed by atoms with Crippen LogP contribution in [0.3, 0.4) is 0 Å². The van der Waals surface area contributed by atoms with Gasteiger partial charge in [-0.2, -0.15) is 5.26 Å². The molecule has 0 saturated carbocycles. The summed E-state index contributed by atoms with van der Waals surface area (Å²) in [5, 5.41) is 9.33. The molecule has 0 aliphatic rings. The molecule has 2 aromatic rings. The second-order valence-electron chi connectivity index (χ2n) is 3.86. The van der Waals surface area contributed by atoms with Gasteiger partial charge in [0.05, 0.1) is 16.1 Å². The first kappa shape index (κ1) is 14.9. The average Bonchev–Trinajstić information content (AvgIpc) is 2.38. The monoisotopic (exact) mass is 370 g/mol. The SMILES string of the molecule is N#Cc1ccc(Cl)cc1NS(=O)(=O)c1cccc(Br)c1. The number of nitriles is 1. The van der Waals surface area contributed by atoms with E-state index in [4.69, 9.17) is 16.9 Å². The highest BCUT2D eigenvalue weighted by Gasteiger charge is 2.16. The van der Waals surface area contributed by atoms with Crippen LogP contribution in [0, 0.1) is 11.3 Å².